The Morgan fingerprint density at radius 3 is 2.71 bits per heavy atom. The van der Waals surface area contributed by atoms with Crippen LogP contribution in [-0.4, -0.2) is 26.5 Å². The van der Waals surface area contributed by atoms with Crippen molar-refractivity contribution < 1.29 is 14.7 Å². The summed E-state index contributed by atoms with van der Waals surface area (Å²) in [6.45, 7) is 0. The minimum atomic E-state index is -1.09. The Bertz CT molecular complexity index is 578. The molecule has 1 N–H and O–H groups in total. The van der Waals surface area contributed by atoms with E-state index in [9.17, 15) is 9.59 Å². The molecule has 0 aliphatic carbocycles. The van der Waals surface area contributed by atoms with Crippen LogP contribution in [0, 0.1) is 0 Å². The molecule has 0 aliphatic heterocycles. The first-order valence-electron chi connectivity index (χ1n) is 4.68. The van der Waals surface area contributed by atoms with Crippen LogP contribution in [0.3, 0.4) is 0 Å². The molecule has 0 atom stereocenters. The van der Waals surface area contributed by atoms with Crippen molar-refractivity contribution in [2.45, 2.75) is 4.90 Å². The van der Waals surface area contributed by atoms with E-state index in [1.54, 1.807) is 0 Å². The topological polar surface area (TPSA) is 72.2 Å². The van der Waals surface area contributed by atoms with E-state index in [1.807, 2.05) is 0 Å². The molecule has 2 aromatic rings. The molecule has 1 heterocycles. The fraction of sp³-hybridized carbons (Fsp3) is 0. The third-order valence-electron chi connectivity index (χ3n) is 2.21. The molecule has 0 radical (unpaired) electrons. The predicted molar refractivity (Wildman–Crippen MR) is 62.6 cm³/mol. The van der Waals surface area contributed by atoms with Crippen molar-refractivity contribution in [3.8, 4) is 0 Å². The normalized spacial score (nSPS) is 10.2. The van der Waals surface area contributed by atoms with Crippen LogP contribution < -0.4 is 0 Å². The maximum Gasteiger partial charge on any atom is 0.335 e. The number of rotatable bonds is 2. The summed E-state index contributed by atoms with van der Waals surface area (Å²) in [6.07, 6.45) is 4.31. The lowest BCUT2D eigenvalue weighted by molar-refractivity contribution is 0.0697. The van der Waals surface area contributed by atoms with Gasteiger partial charge in [0.2, 0.25) is 0 Å². The van der Waals surface area contributed by atoms with Crippen molar-refractivity contribution in [1.29, 1.82) is 0 Å². The van der Waals surface area contributed by atoms with Gasteiger partial charge < -0.3 is 5.11 Å². The molecule has 0 bridgehead atoms. The van der Waals surface area contributed by atoms with Gasteiger partial charge in [0.1, 0.15) is 6.33 Å². The zero-order valence-corrected chi connectivity index (χ0v) is 9.46. The Balaban J connectivity index is 2.48. The number of benzene rings is 1. The van der Waals surface area contributed by atoms with Gasteiger partial charge in [-0.1, -0.05) is 0 Å². The number of aromatic nitrogens is 2. The predicted octanol–water partition coefficient (Wildman–Crippen LogP) is 1.56. The number of imidazole rings is 1. The van der Waals surface area contributed by atoms with E-state index in [-0.39, 0.29) is 17.0 Å². The molecule has 0 spiro atoms. The van der Waals surface area contributed by atoms with Gasteiger partial charge in [0, 0.05) is 17.3 Å². The second-order valence-electron chi connectivity index (χ2n) is 3.31. The highest BCUT2D eigenvalue weighted by Gasteiger charge is 2.14. The van der Waals surface area contributed by atoms with Crippen LogP contribution in [0.5, 0.6) is 0 Å². The van der Waals surface area contributed by atoms with Gasteiger partial charge in [0.15, 0.2) is 0 Å². The zero-order valence-electron chi connectivity index (χ0n) is 8.57. The van der Waals surface area contributed by atoms with Gasteiger partial charge in [-0.2, -0.15) is 0 Å². The smallest absolute Gasteiger partial charge is 0.335 e. The number of hydrogen-bond donors (Lipinski definition) is 2. The second-order valence-corrected chi connectivity index (χ2v) is 3.79. The lowest BCUT2D eigenvalue weighted by Crippen LogP contribution is -2.12. The number of thiol groups is 1. The van der Waals surface area contributed by atoms with E-state index in [0.29, 0.717) is 4.90 Å². The highest BCUT2D eigenvalue weighted by molar-refractivity contribution is 7.80. The summed E-state index contributed by atoms with van der Waals surface area (Å²) in [5, 5.41) is 8.86. The molecule has 1 aromatic heterocycles. The van der Waals surface area contributed by atoms with Gasteiger partial charge in [0.05, 0.1) is 11.1 Å². The summed E-state index contributed by atoms with van der Waals surface area (Å²) in [6, 6.07) is 4.18. The van der Waals surface area contributed by atoms with Crippen LogP contribution in [-0.2, 0) is 0 Å². The molecule has 17 heavy (non-hydrogen) atoms. The SMILES string of the molecule is O=C(O)c1ccc(S)c(C(=O)n2ccnc2)c1. The van der Waals surface area contributed by atoms with Gasteiger partial charge in [-0.05, 0) is 18.2 Å². The minimum Gasteiger partial charge on any atom is -0.478 e. The zero-order chi connectivity index (χ0) is 12.4. The van der Waals surface area contributed by atoms with E-state index in [1.165, 1.54) is 41.5 Å². The summed E-state index contributed by atoms with van der Waals surface area (Å²) < 4.78 is 1.26. The summed E-state index contributed by atoms with van der Waals surface area (Å²) in [5.41, 5.74) is 0.275. The summed E-state index contributed by atoms with van der Waals surface area (Å²) in [5.74, 6) is -1.45. The lowest BCUT2D eigenvalue weighted by Gasteiger charge is -2.05. The van der Waals surface area contributed by atoms with E-state index >= 15 is 0 Å². The third-order valence-corrected chi connectivity index (χ3v) is 2.60. The van der Waals surface area contributed by atoms with Gasteiger partial charge in [-0.25, -0.2) is 9.78 Å². The lowest BCUT2D eigenvalue weighted by atomic mass is 10.1. The van der Waals surface area contributed by atoms with Crippen molar-refractivity contribution in [2.75, 3.05) is 0 Å². The minimum absolute atomic E-state index is 0.0475. The first kappa shape index (κ1) is 11.4. The Kier molecular flexibility index (Phi) is 2.97. The van der Waals surface area contributed by atoms with Crippen LogP contribution >= 0.6 is 12.6 Å². The number of carbonyl (C=O) groups is 2. The average molecular weight is 248 g/mol. The van der Waals surface area contributed by atoms with Gasteiger partial charge in [-0.3, -0.25) is 9.36 Å². The van der Waals surface area contributed by atoms with Crippen molar-refractivity contribution in [1.82, 2.24) is 9.55 Å². The van der Waals surface area contributed by atoms with Gasteiger partial charge in [-0.15, -0.1) is 12.6 Å². The fourth-order valence-corrected chi connectivity index (χ4v) is 1.59. The van der Waals surface area contributed by atoms with E-state index in [4.69, 9.17) is 5.11 Å². The van der Waals surface area contributed by atoms with Crippen molar-refractivity contribution in [2.24, 2.45) is 0 Å². The monoisotopic (exact) mass is 248 g/mol. The molecule has 1 aromatic carbocycles. The number of carboxylic acids is 1. The number of nitrogens with zero attached hydrogens (tertiary/aromatic N) is 2. The highest BCUT2D eigenvalue weighted by Crippen LogP contribution is 2.17. The van der Waals surface area contributed by atoms with E-state index in [2.05, 4.69) is 17.6 Å². The highest BCUT2D eigenvalue weighted by atomic mass is 32.1. The van der Waals surface area contributed by atoms with Crippen LogP contribution in [0.4, 0.5) is 0 Å². The molecular weight excluding hydrogens is 240 g/mol. The molecule has 5 nitrogen and oxygen atoms in total. The fourth-order valence-electron chi connectivity index (χ4n) is 1.36. The quantitative estimate of drug-likeness (QED) is 0.791. The van der Waals surface area contributed by atoms with E-state index < -0.39 is 5.97 Å². The summed E-state index contributed by atoms with van der Waals surface area (Å²) in [4.78, 5) is 27.0. The molecule has 0 aliphatic rings. The average Bonchev–Trinajstić information content (AvgIpc) is 2.81. The number of hydrogen-bond acceptors (Lipinski definition) is 4. The largest absolute Gasteiger partial charge is 0.478 e. The van der Waals surface area contributed by atoms with Crippen LogP contribution in [0.1, 0.15) is 20.7 Å². The Hall–Kier alpha value is -2.08. The molecule has 0 saturated carbocycles. The maximum absolute atomic E-state index is 12.0. The van der Waals surface area contributed by atoms with Gasteiger partial charge >= 0.3 is 5.97 Å². The molecule has 86 valence electrons. The summed E-state index contributed by atoms with van der Waals surface area (Å²) >= 11 is 4.14. The molecule has 0 saturated heterocycles. The van der Waals surface area contributed by atoms with E-state index in [0.717, 1.165) is 0 Å². The van der Waals surface area contributed by atoms with Crippen molar-refractivity contribution in [3.05, 3.63) is 48.0 Å². The van der Waals surface area contributed by atoms with Crippen LogP contribution in [0.25, 0.3) is 0 Å². The third kappa shape index (κ3) is 2.21. The second kappa shape index (κ2) is 4.42. The molecule has 0 amide bonds. The molecular formula is C11H8N2O3S. The molecule has 0 fully saturated rings. The van der Waals surface area contributed by atoms with Crippen molar-refractivity contribution in [3.63, 3.8) is 0 Å². The first-order valence-corrected chi connectivity index (χ1v) is 5.13. The Morgan fingerprint density at radius 1 is 1.35 bits per heavy atom. The van der Waals surface area contributed by atoms with Crippen LogP contribution in [0.2, 0.25) is 0 Å². The van der Waals surface area contributed by atoms with Crippen molar-refractivity contribution >= 4 is 24.5 Å². The molecule has 0 unspecified atom stereocenters. The van der Waals surface area contributed by atoms with Gasteiger partial charge in [0.25, 0.3) is 5.91 Å². The van der Waals surface area contributed by atoms with Crippen LogP contribution in [0.15, 0.2) is 41.8 Å². The molecule has 2 rings (SSSR count). The number of aromatic carboxylic acids is 1. The number of carbonyl (C=O) groups excluding carboxylic acids is 1. The maximum atomic E-state index is 12.0. The summed E-state index contributed by atoms with van der Waals surface area (Å²) in [7, 11) is 0. The standard InChI is InChI=1S/C11H8N2O3S/c14-10(13-4-3-12-6-13)8-5-7(11(15)16)1-2-9(8)17/h1-6,17H,(H,15,16). The Labute approximate surface area is 102 Å². The Morgan fingerprint density at radius 2 is 2.12 bits per heavy atom. The molecule has 6 heteroatoms. The first-order chi connectivity index (χ1) is 8.09. The number of carboxylic acid groups (broad SMARTS) is 1.